The molecular weight excluding hydrogens is 318 g/mol. The van der Waals surface area contributed by atoms with Crippen molar-refractivity contribution < 1.29 is 9.00 Å². The average molecular weight is 341 g/mol. The van der Waals surface area contributed by atoms with E-state index < -0.39 is 10.8 Å². The zero-order chi connectivity index (χ0) is 17.3. The molecule has 0 unspecified atom stereocenters. The Morgan fingerprint density at radius 2 is 1.79 bits per heavy atom. The molecule has 126 valence electrons. The molecule has 0 saturated heterocycles. The van der Waals surface area contributed by atoms with Crippen LogP contribution in [0.4, 0.5) is 5.69 Å². The van der Waals surface area contributed by atoms with Gasteiger partial charge in [0.2, 0.25) is 5.91 Å². The monoisotopic (exact) mass is 341 g/mol. The second kappa shape index (κ2) is 6.52. The van der Waals surface area contributed by atoms with Crippen LogP contribution in [0.5, 0.6) is 0 Å². The zero-order valence-corrected chi connectivity index (χ0v) is 15.2. The van der Waals surface area contributed by atoms with E-state index in [1.54, 1.807) is 6.26 Å². The van der Waals surface area contributed by atoms with Gasteiger partial charge in [0.25, 0.3) is 0 Å². The number of anilines is 1. The summed E-state index contributed by atoms with van der Waals surface area (Å²) in [7, 11) is -0.890. The topological polar surface area (TPSA) is 46.2 Å². The van der Waals surface area contributed by atoms with E-state index in [0.29, 0.717) is 5.75 Å². The minimum atomic E-state index is -0.890. The molecular formula is C20H23NO2S. The van der Waals surface area contributed by atoms with E-state index in [2.05, 4.69) is 37.4 Å². The molecule has 1 saturated carbocycles. The first kappa shape index (κ1) is 16.9. The Kier molecular flexibility index (Phi) is 4.59. The van der Waals surface area contributed by atoms with Gasteiger partial charge < -0.3 is 5.32 Å². The van der Waals surface area contributed by atoms with Crippen molar-refractivity contribution in [3.05, 3.63) is 64.7 Å². The standard InChI is InChI=1S/C20H23NO2S/c1-14-9-15(2)11-17(10-14)20(7-8-20)19(22)21-18-6-4-5-16(12-18)13-24(3)23/h4-6,9-12H,7-8,13H2,1-3H3,(H,21,22)/t24-/m1/s1. The molecule has 1 amide bonds. The maximum atomic E-state index is 12.9. The summed E-state index contributed by atoms with van der Waals surface area (Å²) in [5.41, 5.74) is 4.86. The number of nitrogens with one attached hydrogen (secondary N) is 1. The highest BCUT2D eigenvalue weighted by Crippen LogP contribution is 2.49. The van der Waals surface area contributed by atoms with Crippen molar-refractivity contribution in [2.45, 2.75) is 37.9 Å². The molecule has 24 heavy (non-hydrogen) atoms. The van der Waals surface area contributed by atoms with Gasteiger partial charge in [-0.2, -0.15) is 0 Å². The highest BCUT2D eigenvalue weighted by Gasteiger charge is 2.51. The first-order chi connectivity index (χ1) is 11.4. The van der Waals surface area contributed by atoms with Gasteiger partial charge in [0.05, 0.1) is 5.41 Å². The van der Waals surface area contributed by atoms with Crippen molar-refractivity contribution in [2.75, 3.05) is 11.6 Å². The summed E-state index contributed by atoms with van der Waals surface area (Å²) in [6, 6.07) is 14.0. The fourth-order valence-corrected chi connectivity index (χ4v) is 3.90. The molecule has 3 rings (SSSR count). The van der Waals surface area contributed by atoms with Crippen molar-refractivity contribution in [1.82, 2.24) is 0 Å². The quantitative estimate of drug-likeness (QED) is 0.898. The highest BCUT2D eigenvalue weighted by molar-refractivity contribution is 7.83. The third-order valence-electron chi connectivity index (χ3n) is 4.51. The largest absolute Gasteiger partial charge is 0.325 e. The lowest BCUT2D eigenvalue weighted by molar-refractivity contribution is -0.118. The van der Waals surface area contributed by atoms with Crippen LogP contribution in [0.1, 0.15) is 35.1 Å². The number of amides is 1. The molecule has 0 bridgehead atoms. The van der Waals surface area contributed by atoms with Gasteiger partial charge in [-0.15, -0.1) is 0 Å². The summed E-state index contributed by atoms with van der Waals surface area (Å²) in [4.78, 5) is 12.9. The minimum absolute atomic E-state index is 0.0577. The maximum absolute atomic E-state index is 12.9. The molecule has 1 fully saturated rings. The Balaban J connectivity index is 1.81. The van der Waals surface area contributed by atoms with E-state index in [1.807, 2.05) is 24.3 Å². The smallest absolute Gasteiger partial charge is 0.235 e. The molecule has 3 nitrogen and oxygen atoms in total. The van der Waals surface area contributed by atoms with Gasteiger partial charge >= 0.3 is 0 Å². The molecule has 2 aromatic rings. The fourth-order valence-electron chi connectivity index (χ4n) is 3.25. The van der Waals surface area contributed by atoms with Crippen LogP contribution in [0, 0.1) is 13.8 Å². The fraction of sp³-hybridized carbons (Fsp3) is 0.350. The molecule has 0 radical (unpaired) electrons. The number of hydrogen-bond acceptors (Lipinski definition) is 2. The van der Waals surface area contributed by atoms with E-state index in [9.17, 15) is 9.00 Å². The molecule has 0 aliphatic heterocycles. The molecule has 0 heterocycles. The van der Waals surface area contributed by atoms with Gasteiger partial charge in [-0.3, -0.25) is 9.00 Å². The molecule has 1 atom stereocenters. The Bertz CT molecular complexity index is 789. The first-order valence-corrected chi connectivity index (χ1v) is 9.91. The predicted molar refractivity (Wildman–Crippen MR) is 99.7 cm³/mol. The van der Waals surface area contributed by atoms with E-state index in [1.165, 1.54) is 11.1 Å². The summed E-state index contributed by atoms with van der Waals surface area (Å²) in [6.07, 6.45) is 3.46. The molecule has 0 spiro atoms. The van der Waals surface area contributed by atoms with E-state index in [0.717, 1.165) is 29.7 Å². The SMILES string of the molecule is Cc1cc(C)cc(C2(C(=O)Nc3cccc(C[S@@](C)=O)c3)CC2)c1. The third kappa shape index (κ3) is 3.59. The molecule has 4 heteroatoms. The van der Waals surface area contributed by atoms with Crippen LogP contribution in [-0.4, -0.2) is 16.4 Å². The lowest BCUT2D eigenvalue weighted by Gasteiger charge is -2.17. The number of carbonyl (C=O) groups excluding carboxylic acids is 1. The zero-order valence-electron chi connectivity index (χ0n) is 14.4. The first-order valence-electron chi connectivity index (χ1n) is 8.18. The van der Waals surface area contributed by atoms with Crippen molar-refractivity contribution in [3.63, 3.8) is 0 Å². The molecule has 2 aromatic carbocycles. The van der Waals surface area contributed by atoms with Gasteiger partial charge in [0.15, 0.2) is 0 Å². The highest BCUT2D eigenvalue weighted by atomic mass is 32.2. The lowest BCUT2D eigenvalue weighted by Crippen LogP contribution is -2.28. The maximum Gasteiger partial charge on any atom is 0.235 e. The van der Waals surface area contributed by atoms with Crippen molar-refractivity contribution in [1.29, 1.82) is 0 Å². The van der Waals surface area contributed by atoms with Crippen LogP contribution in [0.15, 0.2) is 42.5 Å². The number of aryl methyl sites for hydroxylation is 2. The van der Waals surface area contributed by atoms with Crippen LogP contribution >= 0.6 is 0 Å². The number of hydrogen-bond donors (Lipinski definition) is 1. The molecule has 1 aliphatic rings. The summed E-state index contributed by atoms with van der Waals surface area (Å²) >= 11 is 0. The van der Waals surface area contributed by atoms with E-state index in [4.69, 9.17) is 0 Å². The van der Waals surface area contributed by atoms with Crippen molar-refractivity contribution in [2.24, 2.45) is 0 Å². The van der Waals surface area contributed by atoms with E-state index in [-0.39, 0.29) is 11.3 Å². The average Bonchev–Trinajstić information content (AvgIpc) is 3.27. The summed E-state index contributed by atoms with van der Waals surface area (Å²) in [5.74, 6) is 0.564. The number of rotatable bonds is 5. The van der Waals surface area contributed by atoms with Crippen molar-refractivity contribution >= 4 is 22.4 Å². The van der Waals surface area contributed by atoms with Crippen LogP contribution in [0.3, 0.4) is 0 Å². The lowest BCUT2D eigenvalue weighted by atomic mass is 9.92. The minimum Gasteiger partial charge on any atom is -0.325 e. The Morgan fingerprint density at radius 1 is 1.12 bits per heavy atom. The van der Waals surface area contributed by atoms with Crippen LogP contribution < -0.4 is 5.32 Å². The van der Waals surface area contributed by atoms with E-state index >= 15 is 0 Å². The number of benzene rings is 2. The van der Waals surface area contributed by atoms with Crippen LogP contribution in [-0.2, 0) is 26.8 Å². The molecule has 1 N–H and O–H groups in total. The predicted octanol–water partition coefficient (Wildman–Crippen LogP) is 3.85. The third-order valence-corrected chi connectivity index (χ3v) is 5.25. The van der Waals surface area contributed by atoms with Gasteiger partial charge in [-0.05, 0) is 49.9 Å². The van der Waals surface area contributed by atoms with Gasteiger partial charge in [0.1, 0.15) is 0 Å². The Hall–Kier alpha value is -1.94. The normalized spacial score (nSPS) is 16.5. The van der Waals surface area contributed by atoms with Crippen molar-refractivity contribution in [3.8, 4) is 0 Å². The Labute approximate surface area is 145 Å². The Morgan fingerprint density at radius 3 is 2.38 bits per heavy atom. The second-order valence-corrected chi connectivity index (χ2v) is 8.27. The summed E-state index contributed by atoms with van der Waals surface area (Å²) in [6.45, 7) is 4.14. The molecule has 1 aliphatic carbocycles. The summed E-state index contributed by atoms with van der Waals surface area (Å²) in [5, 5.41) is 3.06. The summed E-state index contributed by atoms with van der Waals surface area (Å²) < 4.78 is 11.4. The van der Waals surface area contributed by atoms with Gasteiger partial charge in [-0.25, -0.2) is 0 Å². The van der Waals surface area contributed by atoms with Crippen LogP contribution in [0.2, 0.25) is 0 Å². The van der Waals surface area contributed by atoms with Gasteiger partial charge in [-0.1, -0.05) is 41.5 Å². The molecule has 0 aromatic heterocycles. The van der Waals surface area contributed by atoms with Crippen LogP contribution in [0.25, 0.3) is 0 Å². The number of carbonyl (C=O) groups is 1. The van der Waals surface area contributed by atoms with Gasteiger partial charge in [0, 0.05) is 28.5 Å². The second-order valence-electron chi connectivity index (χ2n) is 6.83.